The second kappa shape index (κ2) is 4.98. The van der Waals surface area contributed by atoms with Gasteiger partial charge in [0.1, 0.15) is 0 Å². The number of hydrogen-bond acceptors (Lipinski definition) is 4. The summed E-state index contributed by atoms with van der Waals surface area (Å²) in [6.07, 6.45) is 4.73. The Balaban J connectivity index is 1.72. The lowest BCUT2D eigenvalue weighted by atomic mass is 9.92. The molecule has 3 rings (SSSR count). The molecule has 96 valence electrons. The highest BCUT2D eigenvalue weighted by Crippen LogP contribution is 2.24. The third-order valence-electron chi connectivity index (χ3n) is 3.82. The third kappa shape index (κ3) is 2.34. The molecule has 1 aromatic carbocycles. The van der Waals surface area contributed by atoms with Gasteiger partial charge in [0, 0.05) is 11.1 Å². The first-order valence-corrected chi connectivity index (χ1v) is 6.67. The SMILES string of the molecule is Nc1ccc2onc(CCC3CCNCC3)c2c1. The molecule has 0 radical (unpaired) electrons. The Bertz CT molecular complexity index is 529. The monoisotopic (exact) mass is 245 g/mol. The van der Waals surface area contributed by atoms with E-state index in [2.05, 4.69) is 10.5 Å². The molecule has 1 fully saturated rings. The van der Waals surface area contributed by atoms with Crippen molar-refractivity contribution in [2.75, 3.05) is 18.8 Å². The van der Waals surface area contributed by atoms with E-state index in [1.807, 2.05) is 18.2 Å². The summed E-state index contributed by atoms with van der Waals surface area (Å²) >= 11 is 0. The molecule has 2 aromatic rings. The number of anilines is 1. The maximum absolute atomic E-state index is 5.81. The van der Waals surface area contributed by atoms with Crippen LogP contribution in [0.5, 0.6) is 0 Å². The van der Waals surface area contributed by atoms with Crippen LogP contribution in [0.15, 0.2) is 22.7 Å². The second-order valence-electron chi connectivity index (χ2n) is 5.12. The van der Waals surface area contributed by atoms with Gasteiger partial charge in [-0.3, -0.25) is 0 Å². The number of hydrogen-bond donors (Lipinski definition) is 2. The number of nitrogens with zero attached hydrogens (tertiary/aromatic N) is 1. The van der Waals surface area contributed by atoms with E-state index in [-0.39, 0.29) is 0 Å². The highest BCUT2D eigenvalue weighted by molar-refractivity contribution is 5.82. The molecule has 1 aliphatic heterocycles. The predicted molar refractivity (Wildman–Crippen MR) is 72.3 cm³/mol. The maximum Gasteiger partial charge on any atom is 0.167 e. The fourth-order valence-electron chi connectivity index (χ4n) is 2.70. The van der Waals surface area contributed by atoms with Crippen LogP contribution in [-0.2, 0) is 6.42 Å². The molecule has 0 saturated carbocycles. The first kappa shape index (κ1) is 11.5. The smallest absolute Gasteiger partial charge is 0.167 e. The Morgan fingerprint density at radius 2 is 2.17 bits per heavy atom. The summed E-state index contributed by atoms with van der Waals surface area (Å²) in [4.78, 5) is 0. The molecule has 0 unspecified atom stereocenters. The zero-order chi connectivity index (χ0) is 12.4. The summed E-state index contributed by atoms with van der Waals surface area (Å²) in [7, 11) is 0. The van der Waals surface area contributed by atoms with Crippen LogP contribution in [0.2, 0.25) is 0 Å². The lowest BCUT2D eigenvalue weighted by Crippen LogP contribution is -2.27. The van der Waals surface area contributed by atoms with E-state index in [4.69, 9.17) is 10.3 Å². The van der Waals surface area contributed by atoms with E-state index < -0.39 is 0 Å². The zero-order valence-corrected chi connectivity index (χ0v) is 10.5. The molecule has 4 heteroatoms. The number of aryl methyl sites for hydroxylation is 1. The Morgan fingerprint density at radius 3 is 3.00 bits per heavy atom. The average molecular weight is 245 g/mol. The molecule has 3 N–H and O–H groups in total. The van der Waals surface area contributed by atoms with Gasteiger partial charge < -0.3 is 15.6 Å². The molecule has 4 nitrogen and oxygen atoms in total. The molecule has 1 aromatic heterocycles. The summed E-state index contributed by atoms with van der Waals surface area (Å²) in [6.45, 7) is 2.30. The van der Waals surface area contributed by atoms with Crippen LogP contribution in [-0.4, -0.2) is 18.2 Å². The minimum Gasteiger partial charge on any atom is -0.399 e. The van der Waals surface area contributed by atoms with Crippen molar-refractivity contribution in [3.8, 4) is 0 Å². The highest BCUT2D eigenvalue weighted by Gasteiger charge is 2.15. The second-order valence-corrected chi connectivity index (χ2v) is 5.12. The van der Waals surface area contributed by atoms with Crippen LogP contribution >= 0.6 is 0 Å². The fraction of sp³-hybridized carbons (Fsp3) is 0.500. The van der Waals surface area contributed by atoms with Gasteiger partial charge in [0.15, 0.2) is 5.58 Å². The van der Waals surface area contributed by atoms with E-state index in [0.29, 0.717) is 0 Å². The van der Waals surface area contributed by atoms with Crippen molar-refractivity contribution < 1.29 is 4.52 Å². The van der Waals surface area contributed by atoms with Gasteiger partial charge >= 0.3 is 0 Å². The number of fused-ring (bicyclic) bond motifs is 1. The molecule has 2 heterocycles. The number of aromatic nitrogens is 1. The van der Waals surface area contributed by atoms with E-state index in [1.165, 1.54) is 19.3 Å². The summed E-state index contributed by atoms with van der Waals surface area (Å²) in [5, 5.41) is 8.64. The Morgan fingerprint density at radius 1 is 1.33 bits per heavy atom. The van der Waals surface area contributed by atoms with Crippen LogP contribution in [0.25, 0.3) is 11.0 Å². The van der Waals surface area contributed by atoms with E-state index in [9.17, 15) is 0 Å². The largest absolute Gasteiger partial charge is 0.399 e. The van der Waals surface area contributed by atoms with Gasteiger partial charge in [0.2, 0.25) is 0 Å². The van der Waals surface area contributed by atoms with Crippen LogP contribution in [0, 0.1) is 5.92 Å². The summed E-state index contributed by atoms with van der Waals surface area (Å²) in [5.74, 6) is 0.819. The number of piperidine rings is 1. The standard InChI is InChI=1S/C14H19N3O/c15-11-2-4-14-12(9-11)13(17-18-14)3-1-10-5-7-16-8-6-10/h2,4,9-10,16H,1,3,5-8,15H2. The fourth-order valence-corrected chi connectivity index (χ4v) is 2.70. The quantitative estimate of drug-likeness (QED) is 0.815. The number of nitrogens with one attached hydrogen (secondary N) is 1. The van der Waals surface area contributed by atoms with Crippen LogP contribution < -0.4 is 11.1 Å². The molecule has 0 spiro atoms. The number of benzene rings is 1. The van der Waals surface area contributed by atoms with Crippen LogP contribution in [0.4, 0.5) is 5.69 Å². The van der Waals surface area contributed by atoms with Gasteiger partial charge in [-0.25, -0.2) is 0 Å². The predicted octanol–water partition coefficient (Wildman–Crippen LogP) is 2.34. The summed E-state index contributed by atoms with van der Waals surface area (Å²) in [6, 6.07) is 5.71. The van der Waals surface area contributed by atoms with E-state index >= 15 is 0 Å². The first-order chi connectivity index (χ1) is 8.83. The third-order valence-corrected chi connectivity index (χ3v) is 3.82. The normalized spacial score (nSPS) is 17.3. The van der Waals surface area contributed by atoms with Crippen molar-refractivity contribution in [3.05, 3.63) is 23.9 Å². The number of nitrogen functional groups attached to an aromatic ring is 1. The van der Waals surface area contributed by atoms with Crippen molar-refractivity contribution in [1.82, 2.24) is 10.5 Å². The van der Waals surface area contributed by atoms with Crippen molar-refractivity contribution in [2.24, 2.45) is 5.92 Å². The molecule has 1 aliphatic rings. The molecular weight excluding hydrogens is 226 g/mol. The lowest BCUT2D eigenvalue weighted by molar-refractivity contribution is 0.350. The van der Waals surface area contributed by atoms with Gasteiger partial charge in [0.05, 0.1) is 5.69 Å². The van der Waals surface area contributed by atoms with Gasteiger partial charge in [-0.15, -0.1) is 0 Å². The Labute approximate surface area is 107 Å². The molecule has 0 atom stereocenters. The molecule has 0 amide bonds. The van der Waals surface area contributed by atoms with Crippen LogP contribution in [0.3, 0.4) is 0 Å². The minimum atomic E-state index is 0.772. The first-order valence-electron chi connectivity index (χ1n) is 6.67. The topological polar surface area (TPSA) is 64.1 Å². The summed E-state index contributed by atoms with van der Waals surface area (Å²) in [5.41, 5.74) is 8.47. The maximum atomic E-state index is 5.81. The average Bonchev–Trinajstić information content (AvgIpc) is 2.80. The number of nitrogens with two attached hydrogens (primary N) is 1. The van der Waals surface area contributed by atoms with Gasteiger partial charge in [-0.05, 0) is 62.9 Å². The molecule has 18 heavy (non-hydrogen) atoms. The van der Waals surface area contributed by atoms with E-state index in [0.717, 1.165) is 47.8 Å². The van der Waals surface area contributed by atoms with Gasteiger partial charge in [0.25, 0.3) is 0 Å². The van der Waals surface area contributed by atoms with Crippen molar-refractivity contribution in [1.29, 1.82) is 0 Å². The number of rotatable bonds is 3. The van der Waals surface area contributed by atoms with Crippen molar-refractivity contribution in [3.63, 3.8) is 0 Å². The van der Waals surface area contributed by atoms with Crippen molar-refractivity contribution >= 4 is 16.7 Å². The molecular formula is C14H19N3O. The van der Waals surface area contributed by atoms with Gasteiger partial charge in [-0.1, -0.05) is 5.16 Å². The molecule has 0 aliphatic carbocycles. The zero-order valence-electron chi connectivity index (χ0n) is 10.5. The van der Waals surface area contributed by atoms with Gasteiger partial charge in [-0.2, -0.15) is 0 Å². The Kier molecular flexibility index (Phi) is 3.19. The van der Waals surface area contributed by atoms with Crippen LogP contribution in [0.1, 0.15) is 25.0 Å². The Hall–Kier alpha value is -1.55. The molecule has 1 saturated heterocycles. The molecule has 0 bridgehead atoms. The summed E-state index contributed by atoms with van der Waals surface area (Å²) < 4.78 is 5.33. The highest BCUT2D eigenvalue weighted by atomic mass is 16.5. The van der Waals surface area contributed by atoms with Crippen molar-refractivity contribution in [2.45, 2.75) is 25.7 Å². The lowest BCUT2D eigenvalue weighted by Gasteiger charge is -2.21. The van der Waals surface area contributed by atoms with E-state index in [1.54, 1.807) is 0 Å². The minimum absolute atomic E-state index is 0.772.